The number of nitrogens with zero attached hydrogens (tertiary/aromatic N) is 1. The van der Waals surface area contributed by atoms with Crippen LogP contribution in [0, 0.1) is 42.3 Å². The Kier molecular flexibility index (Phi) is 6.72. The third-order valence-corrected chi connectivity index (χ3v) is 12.3. The Balaban J connectivity index is 1.05. The lowest BCUT2D eigenvalue weighted by atomic mass is 9.68. The number of carbonyl (C=O) groups excluding carboxylic acids is 3. The van der Waals surface area contributed by atoms with E-state index in [1.54, 1.807) is 11.8 Å². The van der Waals surface area contributed by atoms with Gasteiger partial charge in [0, 0.05) is 21.7 Å². The maximum absolute atomic E-state index is 13.8. The lowest BCUT2D eigenvalue weighted by Gasteiger charge is -2.43. The van der Waals surface area contributed by atoms with Gasteiger partial charge >= 0.3 is 4.87 Å². The molecule has 2 bridgehead atoms. The van der Waals surface area contributed by atoms with Crippen LogP contribution in [0.5, 0.6) is 5.75 Å². The zero-order chi connectivity index (χ0) is 31.0. The van der Waals surface area contributed by atoms with Crippen molar-refractivity contribution in [1.82, 2.24) is 4.98 Å². The maximum atomic E-state index is 13.8. The van der Waals surface area contributed by atoms with Crippen LogP contribution in [0.15, 0.2) is 82.6 Å². The van der Waals surface area contributed by atoms with E-state index in [9.17, 15) is 23.6 Å². The van der Waals surface area contributed by atoms with Gasteiger partial charge < -0.3 is 15.0 Å². The van der Waals surface area contributed by atoms with Crippen molar-refractivity contribution in [1.29, 1.82) is 0 Å². The molecular formula is C34H28FN3O5S2. The summed E-state index contributed by atoms with van der Waals surface area (Å²) in [6.45, 7) is 1.81. The Hall–Kier alpha value is -4.22. The predicted octanol–water partition coefficient (Wildman–Crippen LogP) is 5.58. The highest BCUT2D eigenvalue weighted by atomic mass is 32.2. The summed E-state index contributed by atoms with van der Waals surface area (Å²) in [6.07, 6.45) is 0.777. The Labute approximate surface area is 266 Å². The average molecular weight is 642 g/mol. The standard InChI is InChI=1S/C34H28FN3O5S2/c1-16-3-2-4-19(13-16)36-24(39)15-43-21-11-5-17(6-12-21)25-26-22-14-23(29(26)44-31-30(25)45-34(42)37-31)28-27(22)32(40)38(33(28)41)20-9-7-18(35)8-10-20/h2-13,22-23,25-29H,14-15H2,1H3,(H,36,39)(H,37,42)/t22-,23-,25-,26?,27?,28?,29?/m1/s1. The molecule has 0 radical (unpaired) electrons. The topological polar surface area (TPSA) is 109 Å². The smallest absolute Gasteiger partial charge is 0.305 e. The molecule has 2 N–H and O–H groups in total. The second-order valence-electron chi connectivity index (χ2n) is 12.2. The number of aromatic amines is 1. The summed E-state index contributed by atoms with van der Waals surface area (Å²) in [4.78, 5) is 57.7. The molecule has 0 spiro atoms. The van der Waals surface area contributed by atoms with Gasteiger partial charge in [0.2, 0.25) is 11.8 Å². The molecule has 11 heteroatoms. The predicted molar refractivity (Wildman–Crippen MR) is 169 cm³/mol. The molecule has 3 aromatic carbocycles. The first kappa shape index (κ1) is 28.3. The number of hydrogen-bond acceptors (Lipinski definition) is 7. The third-order valence-electron chi connectivity index (χ3n) is 9.72. The van der Waals surface area contributed by atoms with Crippen molar-refractivity contribution in [3.8, 4) is 5.75 Å². The molecule has 1 aromatic heterocycles. The van der Waals surface area contributed by atoms with Crippen molar-refractivity contribution < 1.29 is 23.5 Å². The molecule has 3 heterocycles. The van der Waals surface area contributed by atoms with Gasteiger partial charge in [-0.1, -0.05) is 35.6 Å². The molecule has 3 fully saturated rings. The number of aromatic nitrogens is 1. The number of rotatable bonds is 6. The normalized spacial score (nSPS) is 27.7. The number of carbonyl (C=O) groups is 3. The number of hydrogen-bond donors (Lipinski definition) is 2. The molecule has 8 rings (SSSR count). The fraction of sp³-hybridized carbons (Fsp3) is 0.294. The molecule has 2 saturated carbocycles. The van der Waals surface area contributed by atoms with Crippen molar-refractivity contribution in [2.24, 2.45) is 29.6 Å². The summed E-state index contributed by atoms with van der Waals surface area (Å²) in [5.74, 6) is -1.55. The van der Waals surface area contributed by atoms with E-state index in [-0.39, 0.29) is 58.1 Å². The number of nitrogens with one attached hydrogen (secondary N) is 2. The molecule has 3 amide bonds. The number of benzene rings is 3. The zero-order valence-electron chi connectivity index (χ0n) is 24.1. The number of anilines is 2. The number of thioether (sulfide) groups is 1. The highest BCUT2D eigenvalue weighted by Gasteiger charge is 2.69. The van der Waals surface area contributed by atoms with E-state index < -0.39 is 17.7 Å². The van der Waals surface area contributed by atoms with E-state index in [0.29, 0.717) is 17.1 Å². The lowest BCUT2D eigenvalue weighted by Crippen LogP contribution is -2.42. The summed E-state index contributed by atoms with van der Waals surface area (Å²) in [5, 5.41) is 3.74. The van der Waals surface area contributed by atoms with Crippen molar-refractivity contribution in [3.63, 3.8) is 0 Å². The molecular weight excluding hydrogens is 614 g/mol. The number of ether oxygens (including phenoxy) is 1. The average Bonchev–Trinajstić information content (AvgIpc) is 3.76. The van der Waals surface area contributed by atoms with Crippen LogP contribution in [0.4, 0.5) is 15.8 Å². The lowest BCUT2D eigenvalue weighted by molar-refractivity contribution is -0.123. The van der Waals surface area contributed by atoms with Crippen LogP contribution in [-0.2, 0) is 14.4 Å². The van der Waals surface area contributed by atoms with Crippen LogP contribution in [0.25, 0.3) is 0 Å². The van der Waals surface area contributed by atoms with E-state index in [1.807, 2.05) is 55.5 Å². The zero-order valence-corrected chi connectivity index (χ0v) is 25.7. The minimum absolute atomic E-state index is 0.00882. The van der Waals surface area contributed by atoms with E-state index >= 15 is 0 Å². The summed E-state index contributed by atoms with van der Waals surface area (Å²) < 4.78 is 19.4. The van der Waals surface area contributed by atoms with E-state index in [4.69, 9.17) is 4.74 Å². The van der Waals surface area contributed by atoms with Gasteiger partial charge in [-0.25, -0.2) is 4.39 Å². The van der Waals surface area contributed by atoms with E-state index in [0.717, 1.165) is 27.5 Å². The van der Waals surface area contributed by atoms with E-state index in [1.165, 1.54) is 40.5 Å². The summed E-state index contributed by atoms with van der Waals surface area (Å²) >= 11 is 2.83. The van der Waals surface area contributed by atoms with Gasteiger partial charge in [0.05, 0.1) is 22.5 Å². The van der Waals surface area contributed by atoms with Crippen LogP contribution in [-0.4, -0.2) is 34.6 Å². The monoisotopic (exact) mass is 641 g/mol. The Morgan fingerprint density at radius 3 is 2.47 bits per heavy atom. The van der Waals surface area contributed by atoms with Crippen molar-refractivity contribution in [2.75, 3.05) is 16.8 Å². The quantitative estimate of drug-likeness (QED) is 0.266. The van der Waals surface area contributed by atoms with Gasteiger partial charge in [-0.3, -0.25) is 24.1 Å². The molecule has 8 nitrogen and oxygen atoms in total. The van der Waals surface area contributed by atoms with Crippen LogP contribution in [0.2, 0.25) is 0 Å². The number of fused-ring (bicyclic) bond motifs is 9. The molecule has 4 unspecified atom stereocenters. The largest absolute Gasteiger partial charge is 0.484 e. The van der Waals surface area contributed by atoms with Gasteiger partial charge in [0.1, 0.15) is 11.6 Å². The molecule has 7 atom stereocenters. The van der Waals surface area contributed by atoms with Gasteiger partial charge in [-0.2, -0.15) is 0 Å². The van der Waals surface area contributed by atoms with Gasteiger partial charge in [-0.05, 0) is 90.8 Å². The Morgan fingerprint density at radius 1 is 1.00 bits per heavy atom. The van der Waals surface area contributed by atoms with Crippen molar-refractivity contribution in [3.05, 3.63) is 104 Å². The van der Waals surface area contributed by atoms with Gasteiger partial charge in [0.25, 0.3) is 5.91 Å². The summed E-state index contributed by atoms with van der Waals surface area (Å²) in [6, 6.07) is 20.6. The first-order valence-corrected chi connectivity index (χ1v) is 16.6. The highest BCUT2D eigenvalue weighted by molar-refractivity contribution is 8.00. The van der Waals surface area contributed by atoms with Crippen molar-refractivity contribution in [2.45, 2.75) is 29.5 Å². The van der Waals surface area contributed by atoms with Crippen LogP contribution in [0.1, 0.15) is 28.3 Å². The number of halogens is 1. The fourth-order valence-corrected chi connectivity index (χ4v) is 11.0. The molecule has 228 valence electrons. The number of thiazole rings is 1. The third kappa shape index (κ3) is 4.63. The maximum Gasteiger partial charge on any atom is 0.305 e. The molecule has 2 aliphatic carbocycles. The SMILES string of the molecule is Cc1cccc(NC(=O)COc2ccc([C@H]3c4sc(=O)[nH]c4SC4C3[C@H]3C[C@@H]4C4C(=O)N(c5ccc(F)cc5)C(=O)C43)cc2)c1. The number of H-pyrrole nitrogens is 1. The summed E-state index contributed by atoms with van der Waals surface area (Å²) in [7, 11) is 0. The molecule has 45 heavy (non-hydrogen) atoms. The highest BCUT2D eigenvalue weighted by Crippen LogP contribution is 2.68. The Bertz CT molecular complexity index is 1910. The van der Waals surface area contributed by atoms with Gasteiger partial charge in [-0.15, -0.1) is 11.8 Å². The molecule has 2 aliphatic heterocycles. The first-order valence-electron chi connectivity index (χ1n) is 14.9. The van der Waals surface area contributed by atoms with Crippen LogP contribution < -0.4 is 19.8 Å². The van der Waals surface area contributed by atoms with Gasteiger partial charge in [0.15, 0.2) is 6.61 Å². The second kappa shape index (κ2) is 10.7. The Morgan fingerprint density at radius 2 is 1.73 bits per heavy atom. The minimum atomic E-state index is -0.441. The molecule has 4 aliphatic rings. The second-order valence-corrected chi connectivity index (χ2v) is 14.4. The van der Waals surface area contributed by atoms with Crippen LogP contribution in [0.3, 0.4) is 0 Å². The van der Waals surface area contributed by atoms with Crippen molar-refractivity contribution >= 4 is 52.2 Å². The first-order chi connectivity index (χ1) is 21.8. The minimum Gasteiger partial charge on any atom is -0.484 e. The van der Waals surface area contributed by atoms with E-state index in [2.05, 4.69) is 10.3 Å². The fourth-order valence-electron chi connectivity index (χ4n) is 8.07. The summed E-state index contributed by atoms with van der Waals surface area (Å²) in [5.41, 5.74) is 3.15. The molecule has 4 aromatic rings. The number of imide groups is 1. The number of aryl methyl sites for hydroxylation is 1. The molecule has 1 saturated heterocycles. The van der Waals surface area contributed by atoms with Crippen LogP contribution >= 0.6 is 23.1 Å². The number of amides is 3.